The van der Waals surface area contributed by atoms with E-state index in [1.165, 1.54) is 24.8 Å². The SMILES string of the molecule is CCCNCc1ccc(OC)cc1OCCC1CC1. The normalized spacial score (nSPS) is 14.4. The molecule has 106 valence electrons. The fourth-order valence-electron chi connectivity index (χ4n) is 2.08. The molecule has 1 aliphatic carbocycles. The predicted octanol–water partition coefficient (Wildman–Crippen LogP) is 3.37. The summed E-state index contributed by atoms with van der Waals surface area (Å²) in [6.07, 6.45) is 5.09. The topological polar surface area (TPSA) is 30.5 Å². The van der Waals surface area contributed by atoms with Gasteiger partial charge in [0.05, 0.1) is 13.7 Å². The highest BCUT2D eigenvalue weighted by Crippen LogP contribution is 2.33. The summed E-state index contributed by atoms with van der Waals surface area (Å²) in [4.78, 5) is 0. The first-order chi connectivity index (χ1) is 9.33. The third-order valence-corrected chi connectivity index (χ3v) is 3.50. The van der Waals surface area contributed by atoms with Crippen molar-refractivity contribution < 1.29 is 9.47 Å². The molecule has 0 unspecified atom stereocenters. The average Bonchev–Trinajstić information content (AvgIpc) is 3.24. The van der Waals surface area contributed by atoms with Crippen LogP contribution >= 0.6 is 0 Å². The lowest BCUT2D eigenvalue weighted by molar-refractivity contribution is 0.296. The highest BCUT2D eigenvalue weighted by Gasteiger charge is 2.20. The first kappa shape index (κ1) is 14.2. The largest absolute Gasteiger partial charge is 0.497 e. The summed E-state index contributed by atoms with van der Waals surface area (Å²) in [5, 5.41) is 3.42. The number of hydrogen-bond acceptors (Lipinski definition) is 3. The summed E-state index contributed by atoms with van der Waals surface area (Å²) in [6, 6.07) is 6.08. The smallest absolute Gasteiger partial charge is 0.127 e. The average molecular weight is 263 g/mol. The predicted molar refractivity (Wildman–Crippen MR) is 77.8 cm³/mol. The maximum absolute atomic E-state index is 5.94. The molecule has 3 heteroatoms. The van der Waals surface area contributed by atoms with E-state index in [9.17, 15) is 0 Å². The molecule has 0 amide bonds. The molecule has 3 nitrogen and oxygen atoms in total. The van der Waals surface area contributed by atoms with Crippen LogP contribution in [0.5, 0.6) is 11.5 Å². The molecule has 1 fully saturated rings. The van der Waals surface area contributed by atoms with E-state index in [4.69, 9.17) is 9.47 Å². The minimum absolute atomic E-state index is 0.818. The van der Waals surface area contributed by atoms with E-state index >= 15 is 0 Å². The van der Waals surface area contributed by atoms with Crippen molar-refractivity contribution >= 4 is 0 Å². The molecule has 0 saturated heterocycles. The van der Waals surface area contributed by atoms with E-state index < -0.39 is 0 Å². The fraction of sp³-hybridized carbons (Fsp3) is 0.625. The standard InChI is InChI=1S/C16H25NO2/c1-3-9-17-12-14-6-7-15(18-2)11-16(14)19-10-8-13-4-5-13/h6-7,11,13,17H,3-5,8-10,12H2,1-2H3. The van der Waals surface area contributed by atoms with Gasteiger partial charge in [0.2, 0.25) is 0 Å². The summed E-state index contributed by atoms with van der Waals surface area (Å²) in [5.74, 6) is 2.73. The number of hydrogen-bond donors (Lipinski definition) is 1. The third kappa shape index (κ3) is 4.75. The second kappa shape index (κ2) is 7.39. The van der Waals surface area contributed by atoms with Crippen LogP contribution in [0.25, 0.3) is 0 Å². The maximum atomic E-state index is 5.94. The van der Waals surface area contributed by atoms with Crippen LogP contribution in [0.3, 0.4) is 0 Å². The first-order valence-electron chi connectivity index (χ1n) is 7.34. The molecule has 1 aromatic rings. The molecule has 19 heavy (non-hydrogen) atoms. The van der Waals surface area contributed by atoms with Gasteiger partial charge in [0.1, 0.15) is 11.5 Å². The van der Waals surface area contributed by atoms with E-state index in [-0.39, 0.29) is 0 Å². The number of nitrogens with one attached hydrogen (secondary N) is 1. The number of ether oxygens (including phenoxy) is 2. The van der Waals surface area contributed by atoms with Gasteiger partial charge in [0.25, 0.3) is 0 Å². The minimum Gasteiger partial charge on any atom is -0.497 e. The Morgan fingerprint density at radius 2 is 2.16 bits per heavy atom. The number of benzene rings is 1. The molecular formula is C16H25NO2. The quantitative estimate of drug-likeness (QED) is 0.693. The monoisotopic (exact) mass is 263 g/mol. The van der Waals surface area contributed by atoms with Crippen LogP contribution in [0.4, 0.5) is 0 Å². The van der Waals surface area contributed by atoms with E-state index in [1.807, 2.05) is 12.1 Å². The minimum atomic E-state index is 0.818. The van der Waals surface area contributed by atoms with Gasteiger partial charge in [-0.1, -0.05) is 25.8 Å². The van der Waals surface area contributed by atoms with Gasteiger partial charge in [-0.2, -0.15) is 0 Å². The first-order valence-corrected chi connectivity index (χ1v) is 7.34. The summed E-state index contributed by atoms with van der Waals surface area (Å²) in [6.45, 7) is 4.89. The number of rotatable bonds is 9. The van der Waals surface area contributed by atoms with Crippen LogP contribution in [0, 0.1) is 5.92 Å². The van der Waals surface area contributed by atoms with Crippen molar-refractivity contribution in [3.8, 4) is 11.5 Å². The Bertz CT molecular complexity index is 388. The second-order valence-corrected chi connectivity index (χ2v) is 5.23. The van der Waals surface area contributed by atoms with Gasteiger partial charge in [-0.05, 0) is 31.4 Å². The molecule has 2 rings (SSSR count). The molecule has 0 radical (unpaired) electrons. The Kier molecular flexibility index (Phi) is 5.52. The Morgan fingerprint density at radius 1 is 1.32 bits per heavy atom. The van der Waals surface area contributed by atoms with Gasteiger partial charge < -0.3 is 14.8 Å². The van der Waals surface area contributed by atoms with E-state index in [2.05, 4.69) is 18.3 Å². The highest BCUT2D eigenvalue weighted by molar-refractivity contribution is 5.40. The maximum Gasteiger partial charge on any atom is 0.127 e. The molecule has 1 saturated carbocycles. The van der Waals surface area contributed by atoms with Crippen molar-refractivity contribution in [2.24, 2.45) is 5.92 Å². The molecule has 1 aliphatic rings. The molecule has 0 heterocycles. The summed E-state index contributed by atoms with van der Waals surface area (Å²) >= 11 is 0. The van der Waals surface area contributed by atoms with Crippen molar-refractivity contribution in [1.29, 1.82) is 0 Å². The fourth-order valence-corrected chi connectivity index (χ4v) is 2.08. The van der Waals surface area contributed by atoms with Crippen LogP contribution in [0.15, 0.2) is 18.2 Å². The zero-order valence-corrected chi connectivity index (χ0v) is 12.1. The molecule has 0 bridgehead atoms. The molecule has 0 aliphatic heterocycles. The Hall–Kier alpha value is -1.22. The molecule has 0 spiro atoms. The van der Waals surface area contributed by atoms with Crippen LogP contribution in [-0.4, -0.2) is 20.3 Å². The third-order valence-electron chi connectivity index (χ3n) is 3.50. The zero-order valence-electron chi connectivity index (χ0n) is 12.1. The van der Waals surface area contributed by atoms with Crippen LogP contribution < -0.4 is 14.8 Å². The highest BCUT2D eigenvalue weighted by atomic mass is 16.5. The summed E-state index contributed by atoms with van der Waals surface area (Å²) in [7, 11) is 1.69. The Morgan fingerprint density at radius 3 is 2.84 bits per heavy atom. The van der Waals surface area contributed by atoms with Crippen LogP contribution in [0.1, 0.15) is 38.2 Å². The Balaban J connectivity index is 1.93. The molecule has 0 atom stereocenters. The zero-order chi connectivity index (χ0) is 13.5. The second-order valence-electron chi connectivity index (χ2n) is 5.23. The van der Waals surface area contributed by atoms with Gasteiger partial charge in [-0.25, -0.2) is 0 Å². The molecule has 1 N–H and O–H groups in total. The molecule has 0 aromatic heterocycles. The van der Waals surface area contributed by atoms with Crippen molar-refractivity contribution in [3.05, 3.63) is 23.8 Å². The lowest BCUT2D eigenvalue weighted by Gasteiger charge is -2.13. The van der Waals surface area contributed by atoms with Crippen molar-refractivity contribution in [2.75, 3.05) is 20.3 Å². The van der Waals surface area contributed by atoms with Crippen LogP contribution in [0.2, 0.25) is 0 Å². The van der Waals surface area contributed by atoms with E-state index in [0.717, 1.165) is 43.5 Å². The molecular weight excluding hydrogens is 238 g/mol. The van der Waals surface area contributed by atoms with Gasteiger partial charge in [-0.3, -0.25) is 0 Å². The van der Waals surface area contributed by atoms with Crippen molar-refractivity contribution in [2.45, 2.75) is 39.2 Å². The van der Waals surface area contributed by atoms with E-state index in [1.54, 1.807) is 7.11 Å². The Labute approximate surface area is 116 Å². The summed E-state index contributed by atoms with van der Waals surface area (Å²) in [5.41, 5.74) is 1.21. The van der Waals surface area contributed by atoms with Crippen molar-refractivity contribution in [3.63, 3.8) is 0 Å². The van der Waals surface area contributed by atoms with E-state index in [0.29, 0.717) is 0 Å². The molecule has 1 aromatic carbocycles. The van der Waals surface area contributed by atoms with Gasteiger partial charge in [0, 0.05) is 18.2 Å². The van der Waals surface area contributed by atoms with Gasteiger partial charge in [0.15, 0.2) is 0 Å². The van der Waals surface area contributed by atoms with Crippen molar-refractivity contribution in [1.82, 2.24) is 5.32 Å². The lowest BCUT2D eigenvalue weighted by atomic mass is 10.2. The number of methoxy groups -OCH3 is 1. The summed E-state index contributed by atoms with van der Waals surface area (Å²) < 4.78 is 11.2. The van der Waals surface area contributed by atoms with Crippen LogP contribution in [-0.2, 0) is 6.54 Å². The van der Waals surface area contributed by atoms with Gasteiger partial charge in [-0.15, -0.1) is 0 Å². The lowest BCUT2D eigenvalue weighted by Crippen LogP contribution is -2.15. The van der Waals surface area contributed by atoms with Gasteiger partial charge >= 0.3 is 0 Å².